The Morgan fingerprint density at radius 1 is 1.07 bits per heavy atom. The van der Waals surface area contributed by atoms with E-state index in [1.54, 1.807) is 26.0 Å². The molecule has 0 amide bonds. The van der Waals surface area contributed by atoms with Crippen LogP contribution in [0.25, 0.3) is 6.08 Å². The molecule has 1 unspecified atom stereocenters. The summed E-state index contributed by atoms with van der Waals surface area (Å²) in [5, 5.41) is 9.33. The van der Waals surface area contributed by atoms with Crippen LogP contribution in [0.4, 0.5) is 17.6 Å². The number of hydrogen-bond acceptors (Lipinski definition) is 6. The van der Waals surface area contributed by atoms with E-state index < -0.39 is 36.4 Å². The number of carbonyl (C=O) groups excluding carboxylic acids is 1. The lowest BCUT2D eigenvalue weighted by atomic mass is 10.0. The van der Waals surface area contributed by atoms with Crippen LogP contribution < -0.4 is 9.47 Å². The standard InChI is InChI=1S/C19H15F4N3O3/c1-10-7-11(2)26-17(25-10)14(9-24)15(27)6-4-12-3-5-13(28-18(20)21)8-16(12)29-19(22)23/h3-8,14,18-19H,1-2H3/b6-4+. The molecule has 6 nitrogen and oxygen atoms in total. The number of nitriles is 1. The quantitative estimate of drug-likeness (QED) is 0.480. The second-order valence-electron chi connectivity index (χ2n) is 5.76. The van der Waals surface area contributed by atoms with Crippen molar-refractivity contribution in [3.8, 4) is 17.6 Å². The molecule has 0 bridgehead atoms. The molecule has 1 atom stereocenters. The SMILES string of the molecule is Cc1cc(C)nc(C(C#N)C(=O)/C=C/c2ccc(OC(F)F)cc2OC(F)F)n1. The first-order chi connectivity index (χ1) is 13.7. The molecule has 2 aromatic rings. The van der Waals surface area contributed by atoms with Gasteiger partial charge >= 0.3 is 13.2 Å². The minimum Gasteiger partial charge on any atom is -0.435 e. The predicted octanol–water partition coefficient (Wildman–Crippen LogP) is 4.19. The van der Waals surface area contributed by atoms with Crippen molar-refractivity contribution in [2.45, 2.75) is 33.0 Å². The van der Waals surface area contributed by atoms with Crippen molar-refractivity contribution in [2.24, 2.45) is 0 Å². The van der Waals surface area contributed by atoms with Crippen LogP contribution in [0, 0.1) is 25.2 Å². The summed E-state index contributed by atoms with van der Waals surface area (Å²) in [4.78, 5) is 20.6. The third-order valence-electron chi connectivity index (χ3n) is 3.52. The number of halogens is 4. The third-order valence-corrected chi connectivity index (χ3v) is 3.52. The first kappa shape index (κ1) is 21.8. The smallest absolute Gasteiger partial charge is 0.387 e. The maximum Gasteiger partial charge on any atom is 0.387 e. The van der Waals surface area contributed by atoms with E-state index in [1.165, 1.54) is 0 Å². The van der Waals surface area contributed by atoms with E-state index in [9.17, 15) is 27.6 Å². The molecule has 0 aliphatic carbocycles. The molecule has 29 heavy (non-hydrogen) atoms. The van der Waals surface area contributed by atoms with E-state index in [0.717, 1.165) is 30.4 Å². The van der Waals surface area contributed by atoms with Gasteiger partial charge in [-0.15, -0.1) is 0 Å². The number of aromatic nitrogens is 2. The lowest BCUT2D eigenvalue weighted by Crippen LogP contribution is -2.13. The second kappa shape index (κ2) is 9.64. The molecule has 0 radical (unpaired) electrons. The van der Waals surface area contributed by atoms with Crippen molar-refractivity contribution in [2.75, 3.05) is 0 Å². The van der Waals surface area contributed by atoms with Crippen LogP contribution in [0.3, 0.4) is 0 Å². The van der Waals surface area contributed by atoms with Crippen LogP contribution in [-0.4, -0.2) is 29.0 Å². The minimum absolute atomic E-state index is 0.00158. The highest BCUT2D eigenvalue weighted by atomic mass is 19.3. The molecule has 1 aromatic heterocycles. The Balaban J connectivity index is 2.30. The highest BCUT2D eigenvalue weighted by Gasteiger charge is 2.22. The summed E-state index contributed by atoms with van der Waals surface area (Å²) in [7, 11) is 0. The molecule has 152 valence electrons. The highest BCUT2D eigenvalue weighted by molar-refractivity contribution is 6.00. The maximum atomic E-state index is 12.6. The van der Waals surface area contributed by atoms with Gasteiger partial charge < -0.3 is 9.47 Å². The fourth-order valence-electron chi connectivity index (χ4n) is 2.43. The van der Waals surface area contributed by atoms with Crippen molar-refractivity contribution in [1.82, 2.24) is 9.97 Å². The van der Waals surface area contributed by atoms with Gasteiger partial charge in [0.25, 0.3) is 0 Å². The zero-order chi connectivity index (χ0) is 21.6. The summed E-state index contributed by atoms with van der Waals surface area (Å²) in [6.07, 6.45) is 2.11. The predicted molar refractivity (Wildman–Crippen MR) is 93.6 cm³/mol. The summed E-state index contributed by atoms with van der Waals surface area (Å²) in [5.74, 6) is -2.83. The van der Waals surface area contributed by atoms with Gasteiger partial charge in [0, 0.05) is 23.0 Å². The summed E-state index contributed by atoms with van der Waals surface area (Å²) in [5.41, 5.74) is 1.15. The van der Waals surface area contributed by atoms with E-state index in [2.05, 4.69) is 19.4 Å². The highest BCUT2D eigenvalue weighted by Crippen LogP contribution is 2.29. The van der Waals surface area contributed by atoms with Crippen LogP contribution in [0.1, 0.15) is 28.7 Å². The minimum atomic E-state index is -3.23. The topological polar surface area (TPSA) is 85.1 Å². The fraction of sp³-hybridized carbons (Fsp3) is 0.263. The lowest BCUT2D eigenvalue weighted by Gasteiger charge is -2.11. The number of aryl methyl sites for hydroxylation is 2. The average molecular weight is 409 g/mol. The maximum absolute atomic E-state index is 12.6. The molecule has 0 N–H and O–H groups in total. The number of alkyl halides is 4. The summed E-state index contributed by atoms with van der Waals surface area (Å²) >= 11 is 0. The summed E-state index contributed by atoms with van der Waals surface area (Å²) in [6.45, 7) is -3.00. The van der Waals surface area contributed by atoms with E-state index in [0.29, 0.717) is 11.4 Å². The molecule has 0 fully saturated rings. The van der Waals surface area contributed by atoms with Crippen LogP contribution >= 0.6 is 0 Å². The number of ether oxygens (including phenoxy) is 2. The van der Waals surface area contributed by atoms with Crippen molar-refractivity contribution < 1.29 is 31.8 Å². The Labute approximate surface area is 163 Å². The van der Waals surface area contributed by atoms with Crippen LogP contribution in [-0.2, 0) is 4.79 Å². The number of hydrogen-bond donors (Lipinski definition) is 0. The van der Waals surface area contributed by atoms with Crippen molar-refractivity contribution in [1.29, 1.82) is 5.26 Å². The zero-order valence-electron chi connectivity index (χ0n) is 15.3. The first-order valence-electron chi connectivity index (χ1n) is 8.17. The Hall–Kier alpha value is -3.48. The van der Waals surface area contributed by atoms with Gasteiger partial charge in [0.15, 0.2) is 17.5 Å². The number of nitrogens with zero attached hydrogens (tertiary/aromatic N) is 3. The Kier molecular flexibility index (Phi) is 7.25. The molecule has 0 saturated carbocycles. The van der Waals surface area contributed by atoms with Crippen LogP contribution in [0.15, 0.2) is 30.3 Å². The third kappa shape index (κ3) is 6.27. The van der Waals surface area contributed by atoms with Crippen LogP contribution in [0.5, 0.6) is 11.5 Å². The second-order valence-corrected chi connectivity index (χ2v) is 5.76. The van der Waals surface area contributed by atoms with Gasteiger partial charge in [-0.05, 0) is 44.2 Å². The van der Waals surface area contributed by atoms with Gasteiger partial charge in [-0.25, -0.2) is 9.97 Å². The van der Waals surface area contributed by atoms with Gasteiger partial charge in [0.05, 0.1) is 6.07 Å². The van der Waals surface area contributed by atoms with Gasteiger partial charge in [0.2, 0.25) is 0 Å². The number of carbonyl (C=O) groups is 1. The number of benzene rings is 1. The number of rotatable bonds is 8. The van der Waals surface area contributed by atoms with Crippen molar-refractivity contribution in [3.05, 3.63) is 53.1 Å². The fourth-order valence-corrected chi connectivity index (χ4v) is 2.43. The van der Waals surface area contributed by atoms with E-state index >= 15 is 0 Å². The monoisotopic (exact) mass is 409 g/mol. The molecular formula is C19H15F4N3O3. The molecular weight excluding hydrogens is 394 g/mol. The van der Waals surface area contributed by atoms with Gasteiger partial charge in [-0.3, -0.25) is 4.79 Å². The summed E-state index contributed by atoms with van der Waals surface area (Å²) in [6, 6.07) is 6.59. The molecule has 0 aliphatic rings. The van der Waals surface area contributed by atoms with Crippen LogP contribution in [0.2, 0.25) is 0 Å². The lowest BCUT2D eigenvalue weighted by molar-refractivity contribution is -0.114. The molecule has 10 heteroatoms. The van der Waals surface area contributed by atoms with E-state index in [4.69, 9.17) is 0 Å². The Morgan fingerprint density at radius 3 is 2.24 bits per heavy atom. The first-order valence-corrected chi connectivity index (χ1v) is 8.17. The largest absolute Gasteiger partial charge is 0.435 e. The number of allylic oxidation sites excluding steroid dienone is 1. The zero-order valence-corrected chi connectivity index (χ0v) is 15.3. The molecule has 1 aromatic carbocycles. The molecule has 0 spiro atoms. The Bertz CT molecular complexity index is 938. The normalized spacial score (nSPS) is 12.2. The van der Waals surface area contributed by atoms with Crippen molar-refractivity contribution in [3.63, 3.8) is 0 Å². The molecule has 1 heterocycles. The van der Waals surface area contributed by atoms with Gasteiger partial charge in [-0.2, -0.15) is 22.8 Å². The summed E-state index contributed by atoms with van der Waals surface area (Å²) < 4.78 is 58.3. The van der Waals surface area contributed by atoms with Gasteiger partial charge in [0.1, 0.15) is 11.5 Å². The Morgan fingerprint density at radius 2 is 1.69 bits per heavy atom. The molecule has 0 aliphatic heterocycles. The van der Waals surface area contributed by atoms with E-state index in [1.807, 2.05) is 0 Å². The molecule has 2 rings (SSSR count). The van der Waals surface area contributed by atoms with Gasteiger partial charge in [-0.1, -0.05) is 0 Å². The average Bonchev–Trinajstić information content (AvgIpc) is 2.60. The van der Waals surface area contributed by atoms with E-state index in [-0.39, 0.29) is 11.4 Å². The van der Waals surface area contributed by atoms with Crippen molar-refractivity contribution >= 4 is 11.9 Å². The molecule has 0 saturated heterocycles. The number of ketones is 1.